The fourth-order valence-electron chi connectivity index (χ4n) is 4.87. The molecule has 2 unspecified atom stereocenters. The molecule has 0 fully saturated rings. The van der Waals surface area contributed by atoms with E-state index in [-0.39, 0.29) is 0 Å². The van der Waals surface area contributed by atoms with Crippen LogP contribution in [0.4, 0.5) is 113 Å². The summed E-state index contributed by atoms with van der Waals surface area (Å²) < 4.78 is 378. The predicted octanol–water partition coefficient (Wildman–Crippen LogP) is 12.6. The monoisotopic (exact) mass is 980 g/mol. The Morgan fingerprint density at radius 3 is 0.873 bits per heavy atom. The fourth-order valence-corrected chi connectivity index (χ4v) is 49.4. The van der Waals surface area contributed by atoms with E-state index in [2.05, 4.69) is 8.23 Å². The average molecular weight is 981 g/mol. The van der Waals surface area contributed by atoms with Gasteiger partial charge in [-0.3, -0.25) is 0 Å². The largest absolute Gasteiger partial charge is 0.568 e. The van der Waals surface area contributed by atoms with Crippen LogP contribution in [0.2, 0.25) is 18.6 Å². The third kappa shape index (κ3) is 10.6. The lowest BCUT2D eigenvalue weighted by atomic mass is 10.0. The minimum absolute atomic E-state index is 0.662. The van der Waals surface area contributed by atoms with E-state index in [0.29, 0.717) is 0 Å². The third-order valence-corrected chi connectivity index (χ3v) is 44.5. The summed E-state index contributed by atoms with van der Waals surface area (Å²) in [7, 11) is -38.0. The number of halogens is 27. The van der Waals surface area contributed by atoms with Crippen LogP contribution in [-0.2, 0) is 8.23 Å². The minimum Gasteiger partial charge on any atom is -0.397 e. The number of rotatable bonds is 20. The van der Waals surface area contributed by atoms with E-state index in [1.165, 1.54) is 0 Å². The van der Waals surface area contributed by atoms with Crippen molar-refractivity contribution >= 4 is 51.1 Å². The van der Waals surface area contributed by atoms with Crippen molar-refractivity contribution in [2.24, 2.45) is 0 Å². The standard InChI is InChI=1S/C21H27ClF26O2Si5/c1-4-6-12(23)16(29,30)14(25,26)8-10-52(45,46)49-54(18(33,34)35,19(36,37)38)51(3,22)55(20(39,40)41,21(42,43)44)50-53(47,48)11-9-15(27,28)17(31,32)13(24)7-5-2/h12-13H,4-11H2,1-3H3. The summed E-state index contributed by atoms with van der Waals surface area (Å²) in [5, 5.41) is 0. The van der Waals surface area contributed by atoms with E-state index in [1.807, 2.05) is 0 Å². The summed E-state index contributed by atoms with van der Waals surface area (Å²) >= 11 is 4.89. The highest BCUT2D eigenvalue weighted by Gasteiger charge is 3.00. The molecular formula is C21H27ClF26O2Si5. The van der Waals surface area contributed by atoms with Crippen LogP contribution in [0.1, 0.15) is 52.4 Å². The van der Waals surface area contributed by atoms with Crippen LogP contribution in [0.15, 0.2) is 0 Å². The van der Waals surface area contributed by atoms with Crippen molar-refractivity contribution in [3.8, 4) is 0 Å². The highest BCUT2D eigenvalue weighted by Crippen LogP contribution is 2.60. The topological polar surface area (TPSA) is 18.5 Å². The quantitative estimate of drug-likeness (QED) is 0.0688. The van der Waals surface area contributed by atoms with Crippen molar-refractivity contribution in [3.63, 3.8) is 0 Å². The molecule has 0 bridgehead atoms. The highest BCUT2D eigenvalue weighted by atomic mass is 35.6. The summed E-state index contributed by atoms with van der Waals surface area (Å²) in [5.41, 5.74) is 0. The van der Waals surface area contributed by atoms with Crippen LogP contribution >= 0.6 is 11.1 Å². The Labute approximate surface area is 302 Å². The van der Waals surface area contributed by atoms with Gasteiger partial charge in [0.05, 0.1) is 0 Å². The molecule has 0 aromatic heterocycles. The maximum Gasteiger partial charge on any atom is 0.568 e. The second kappa shape index (κ2) is 16.9. The maximum atomic E-state index is 14.9. The molecule has 0 saturated carbocycles. The van der Waals surface area contributed by atoms with Crippen LogP contribution in [0.5, 0.6) is 0 Å². The summed E-state index contributed by atoms with van der Waals surface area (Å²) in [6.45, 7) is 0.224. The average Bonchev–Trinajstić information content (AvgIpc) is 2.94. The van der Waals surface area contributed by atoms with Crippen molar-refractivity contribution in [2.75, 3.05) is 0 Å². The fraction of sp³-hybridized carbons (Fsp3) is 1.00. The Bertz CT molecular complexity index is 1130. The van der Waals surface area contributed by atoms with E-state index < -0.39 is 156 Å². The van der Waals surface area contributed by atoms with Gasteiger partial charge in [-0.15, -0.1) is 0 Å². The summed E-state index contributed by atoms with van der Waals surface area (Å²) in [5.74, 6) is -56.7. The van der Waals surface area contributed by atoms with Gasteiger partial charge < -0.3 is 8.23 Å². The molecule has 0 rings (SSSR count). The van der Waals surface area contributed by atoms with E-state index in [9.17, 15) is 113 Å². The van der Waals surface area contributed by atoms with Gasteiger partial charge >= 0.3 is 80.5 Å². The molecule has 0 aromatic carbocycles. The van der Waals surface area contributed by atoms with Gasteiger partial charge in [-0.2, -0.15) is 98.9 Å². The predicted molar refractivity (Wildman–Crippen MR) is 150 cm³/mol. The molecule has 0 aliphatic rings. The zero-order valence-corrected chi connectivity index (χ0v) is 33.1. The summed E-state index contributed by atoms with van der Waals surface area (Å²) in [6.07, 6.45) is -28.0. The molecule has 34 heteroatoms. The van der Waals surface area contributed by atoms with E-state index in [4.69, 9.17) is 11.1 Å². The summed E-state index contributed by atoms with van der Waals surface area (Å²) in [6, 6.07) is -6.93. The normalized spacial score (nSPS) is 18.0. The second-order valence-corrected chi connectivity index (χ2v) is 40.1. The van der Waals surface area contributed by atoms with Crippen LogP contribution < -0.4 is 0 Å². The van der Waals surface area contributed by atoms with Crippen LogP contribution in [-0.4, -0.2) is 99.3 Å². The van der Waals surface area contributed by atoms with Crippen molar-refractivity contribution in [1.29, 1.82) is 0 Å². The Morgan fingerprint density at radius 1 is 0.473 bits per heavy atom. The van der Waals surface area contributed by atoms with Gasteiger partial charge in [0.15, 0.2) is 12.3 Å². The summed E-state index contributed by atoms with van der Waals surface area (Å²) in [4.78, 5) is 0. The Balaban J connectivity index is 7.80. The first-order valence-corrected chi connectivity index (χ1v) is 27.8. The van der Waals surface area contributed by atoms with Gasteiger partial charge in [0, 0.05) is 24.9 Å². The van der Waals surface area contributed by atoms with Gasteiger partial charge in [0.1, 0.15) is 0 Å². The van der Waals surface area contributed by atoms with Crippen molar-refractivity contribution < 1.29 is 121 Å². The van der Waals surface area contributed by atoms with Gasteiger partial charge in [-0.05, 0) is 12.8 Å². The molecule has 0 aliphatic heterocycles. The molecular weight excluding hydrogens is 954 g/mol. The molecule has 0 saturated heterocycles. The smallest absolute Gasteiger partial charge is 0.397 e. The van der Waals surface area contributed by atoms with E-state index >= 15 is 0 Å². The molecule has 0 N–H and O–H groups in total. The van der Waals surface area contributed by atoms with E-state index in [0.717, 1.165) is 13.8 Å². The first kappa shape index (κ1) is 54.5. The minimum atomic E-state index is -10.2. The Hall–Kier alpha value is -0.526. The van der Waals surface area contributed by atoms with Gasteiger partial charge in [-0.25, -0.2) is 25.2 Å². The maximum absolute atomic E-state index is 14.9. The Kier molecular flexibility index (Phi) is 16.7. The van der Waals surface area contributed by atoms with Crippen molar-refractivity contribution in [1.82, 2.24) is 0 Å². The number of hydrogen-bond donors (Lipinski definition) is 0. The number of alkyl halides is 22. The molecule has 2 nitrogen and oxygen atoms in total. The first-order valence-electron chi connectivity index (χ1n) is 14.7. The lowest BCUT2D eigenvalue weighted by Gasteiger charge is -2.51. The molecule has 0 aliphatic carbocycles. The van der Waals surface area contributed by atoms with Crippen LogP contribution in [0, 0.1) is 0 Å². The van der Waals surface area contributed by atoms with Crippen molar-refractivity contribution in [3.05, 3.63) is 0 Å². The SMILES string of the molecule is CCCC(F)C(F)(F)C(F)(F)CC[Si](F)(F)O[Si](C(F)(F)F)(C(F)(F)F)[Si](C)(Cl)[Si](O[Si](F)(F)CCC(F)(F)C(F)(F)C(F)CCC)(C(F)(F)F)C(F)(F)F. The molecule has 0 amide bonds. The van der Waals surface area contributed by atoms with Crippen LogP contribution in [0.25, 0.3) is 0 Å². The zero-order chi connectivity index (χ0) is 44.7. The van der Waals surface area contributed by atoms with Gasteiger partial charge in [0.25, 0.3) is 0 Å². The second-order valence-electron chi connectivity index (χ2n) is 12.0. The van der Waals surface area contributed by atoms with Crippen molar-refractivity contribution in [2.45, 2.75) is 130 Å². The molecule has 0 spiro atoms. The van der Waals surface area contributed by atoms with Gasteiger partial charge in [0.2, 0.25) is 6.42 Å². The molecule has 0 aromatic rings. The van der Waals surface area contributed by atoms with Crippen LogP contribution in [0.3, 0.4) is 0 Å². The number of hydrogen-bond acceptors (Lipinski definition) is 2. The zero-order valence-electron chi connectivity index (χ0n) is 27.3. The molecule has 332 valence electrons. The third-order valence-electron chi connectivity index (χ3n) is 7.83. The molecule has 55 heavy (non-hydrogen) atoms. The van der Waals surface area contributed by atoms with E-state index in [1.54, 1.807) is 0 Å². The Morgan fingerprint density at radius 2 is 0.691 bits per heavy atom. The highest BCUT2D eigenvalue weighted by molar-refractivity contribution is 7.82. The lowest BCUT2D eigenvalue weighted by molar-refractivity contribution is -0.241. The first-order chi connectivity index (χ1) is 23.8. The molecule has 2 atom stereocenters. The lowest BCUT2D eigenvalue weighted by Crippen LogP contribution is -2.93. The van der Waals surface area contributed by atoms with Gasteiger partial charge in [-0.1, -0.05) is 33.2 Å². The molecule has 0 radical (unpaired) electrons. The molecule has 0 heterocycles.